The zero-order valence-corrected chi connectivity index (χ0v) is 13.5. The Bertz CT molecular complexity index is 435. The van der Waals surface area contributed by atoms with Crippen LogP contribution in [-0.2, 0) is 9.53 Å². The first-order valence-electron chi connectivity index (χ1n) is 8.04. The van der Waals surface area contributed by atoms with E-state index in [1.54, 1.807) is 0 Å². The number of nitrogens with one attached hydrogen (secondary N) is 1. The molecule has 0 aromatic rings. The van der Waals surface area contributed by atoms with Crippen LogP contribution in [0.25, 0.3) is 0 Å². The zero-order valence-electron chi connectivity index (χ0n) is 13.5. The van der Waals surface area contributed by atoms with Crippen LogP contribution in [0.2, 0.25) is 0 Å². The van der Waals surface area contributed by atoms with Crippen molar-refractivity contribution in [2.24, 2.45) is 0 Å². The molecule has 0 aromatic carbocycles. The minimum Gasteiger partial charge on any atom is -0.366 e. The van der Waals surface area contributed by atoms with Gasteiger partial charge in [-0.2, -0.15) is 26.3 Å². The molecule has 2 rings (SSSR count). The van der Waals surface area contributed by atoms with Crippen LogP contribution < -0.4 is 5.32 Å². The Labute approximate surface area is 141 Å². The highest BCUT2D eigenvalue weighted by atomic mass is 19.4. The number of hydrogen-bond donors (Lipinski definition) is 1. The van der Waals surface area contributed by atoms with Gasteiger partial charge < -0.3 is 15.0 Å². The van der Waals surface area contributed by atoms with Gasteiger partial charge in [-0.05, 0) is 25.9 Å². The number of carbonyl (C=O) groups is 1. The smallest absolute Gasteiger partial charge is 0.366 e. The fraction of sp³-hybridized carbons (Fsp3) is 0.929. The molecule has 0 aromatic heterocycles. The molecule has 5 nitrogen and oxygen atoms in total. The summed E-state index contributed by atoms with van der Waals surface area (Å²) in [5.74, 6) is -1.27. The minimum absolute atomic E-state index is 0.00964. The Balaban J connectivity index is 2.03. The third kappa shape index (κ3) is 6.63. The van der Waals surface area contributed by atoms with Crippen LogP contribution in [0.15, 0.2) is 0 Å². The number of rotatable bonds is 4. The SMILES string of the molecule is O=C(C1CN(C2CCNCC2)CCO1)N(CC(F)(F)F)CC(F)(F)F. The van der Waals surface area contributed by atoms with Gasteiger partial charge in [0.05, 0.1) is 6.61 Å². The number of amides is 1. The summed E-state index contributed by atoms with van der Waals surface area (Å²) in [7, 11) is 0. The largest absolute Gasteiger partial charge is 0.406 e. The van der Waals surface area contributed by atoms with Crippen LogP contribution in [0.1, 0.15) is 12.8 Å². The molecule has 0 aliphatic carbocycles. The van der Waals surface area contributed by atoms with Gasteiger partial charge in [0.25, 0.3) is 5.91 Å². The number of carbonyl (C=O) groups excluding carboxylic acids is 1. The van der Waals surface area contributed by atoms with Gasteiger partial charge in [-0.25, -0.2) is 0 Å². The lowest BCUT2D eigenvalue weighted by Gasteiger charge is -2.40. The molecule has 2 fully saturated rings. The second-order valence-electron chi connectivity index (χ2n) is 6.26. The Kier molecular flexibility index (Phi) is 6.55. The molecule has 0 saturated carbocycles. The summed E-state index contributed by atoms with van der Waals surface area (Å²) in [6, 6.07) is 0.152. The standard InChI is InChI=1S/C14H21F6N3O2/c15-13(16,17)8-23(9-14(18,19)20)12(24)11-7-22(5-6-25-11)10-1-3-21-4-2-10/h10-11,21H,1-9H2. The monoisotopic (exact) mass is 377 g/mol. The number of morpholine rings is 1. The van der Waals surface area contributed by atoms with Crippen molar-refractivity contribution in [1.82, 2.24) is 15.1 Å². The highest BCUT2D eigenvalue weighted by Gasteiger charge is 2.43. The summed E-state index contributed by atoms with van der Waals surface area (Å²) in [6.45, 7) is -1.70. The van der Waals surface area contributed by atoms with E-state index in [9.17, 15) is 31.1 Å². The Morgan fingerprint density at radius 3 is 2.16 bits per heavy atom. The van der Waals surface area contributed by atoms with E-state index >= 15 is 0 Å². The van der Waals surface area contributed by atoms with Crippen molar-refractivity contribution in [3.63, 3.8) is 0 Å². The molecule has 1 N–H and O–H groups in total. The molecule has 25 heavy (non-hydrogen) atoms. The topological polar surface area (TPSA) is 44.8 Å². The van der Waals surface area contributed by atoms with E-state index in [1.807, 2.05) is 4.90 Å². The molecule has 2 aliphatic rings. The summed E-state index contributed by atoms with van der Waals surface area (Å²) in [5, 5.41) is 3.17. The Morgan fingerprint density at radius 2 is 1.64 bits per heavy atom. The minimum atomic E-state index is -4.91. The van der Waals surface area contributed by atoms with Crippen molar-refractivity contribution in [3.8, 4) is 0 Å². The second kappa shape index (κ2) is 8.09. The maximum atomic E-state index is 12.6. The van der Waals surface area contributed by atoms with Crippen LogP contribution in [0, 0.1) is 0 Å². The molecule has 1 amide bonds. The number of piperidine rings is 1. The fourth-order valence-electron chi connectivity index (χ4n) is 3.17. The van der Waals surface area contributed by atoms with Gasteiger partial charge in [0.1, 0.15) is 19.2 Å². The number of halogens is 6. The van der Waals surface area contributed by atoms with Crippen LogP contribution in [0.5, 0.6) is 0 Å². The summed E-state index contributed by atoms with van der Waals surface area (Å²) in [5.41, 5.74) is 0. The lowest BCUT2D eigenvalue weighted by molar-refractivity contribution is -0.195. The van der Waals surface area contributed by atoms with E-state index in [-0.39, 0.29) is 24.1 Å². The van der Waals surface area contributed by atoms with Gasteiger partial charge in [0, 0.05) is 19.1 Å². The van der Waals surface area contributed by atoms with Crippen LogP contribution in [-0.4, -0.2) is 86.1 Å². The van der Waals surface area contributed by atoms with Crippen LogP contribution >= 0.6 is 0 Å². The van der Waals surface area contributed by atoms with Gasteiger partial charge in [-0.1, -0.05) is 0 Å². The summed E-state index contributed by atoms with van der Waals surface area (Å²) in [4.78, 5) is 14.0. The summed E-state index contributed by atoms with van der Waals surface area (Å²) < 4.78 is 80.5. The Morgan fingerprint density at radius 1 is 1.08 bits per heavy atom. The van der Waals surface area contributed by atoms with E-state index in [2.05, 4.69) is 5.32 Å². The zero-order chi connectivity index (χ0) is 18.7. The molecular weight excluding hydrogens is 356 g/mol. The third-order valence-electron chi connectivity index (χ3n) is 4.25. The van der Waals surface area contributed by atoms with E-state index in [4.69, 9.17) is 4.74 Å². The first-order chi connectivity index (χ1) is 11.6. The van der Waals surface area contributed by atoms with E-state index in [0.717, 1.165) is 25.9 Å². The molecule has 0 radical (unpaired) electrons. The normalized spacial score (nSPS) is 24.3. The van der Waals surface area contributed by atoms with Crippen molar-refractivity contribution in [2.45, 2.75) is 37.3 Å². The summed E-state index contributed by atoms with van der Waals surface area (Å²) in [6.07, 6.45) is -9.51. The quantitative estimate of drug-likeness (QED) is 0.753. The van der Waals surface area contributed by atoms with Gasteiger partial charge in [0.2, 0.25) is 0 Å². The predicted molar refractivity (Wildman–Crippen MR) is 75.9 cm³/mol. The van der Waals surface area contributed by atoms with Crippen molar-refractivity contribution >= 4 is 5.91 Å². The molecule has 0 spiro atoms. The molecule has 1 atom stereocenters. The predicted octanol–water partition coefficient (Wildman–Crippen LogP) is 1.39. The van der Waals surface area contributed by atoms with Crippen molar-refractivity contribution < 1.29 is 35.9 Å². The molecule has 1 unspecified atom stereocenters. The number of ether oxygens (including phenoxy) is 1. The van der Waals surface area contributed by atoms with E-state index < -0.39 is 37.5 Å². The van der Waals surface area contributed by atoms with Gasteiger partial charge in [-0.3, -0.25) is 9.69 Å². The lowest BCUT2D eigenvalue weighted by Crippen LogP contribution is -2.57. The second-order valence-corrected chi connectivity index (χ2v) is 6.26. The fourth-order valence-corrected chi connectivity index (χ4v) is 3.17. The molecule has 2 saturated heterocycles. The van der Waals surface area contributed by atoms with Crippen molar-refractivity contribution in [1.29, 1.82) is 0 Å². The maximum absolute atomic E-state index is 12.6. The average molecular weight is 377 g/mol. The number of alkyl halides is 6. The molecule has 146 valence electrons. The van der Waals surface area contributed by atoms with Gasteiger partial charge in [-0.15, -0.1) is 0 Å². The van der Waals surface area contributed by atoms with Gasteiger partial charge >= 0.3 is 12.4 Å². The lowest BCUT2D eigenvalue weighted by atomic mass is 10.0. The molecule has 2 heterocycles. The van der Waals surface area contributed by atoms with E-state index in [1.165, 1.54) is 0 Å². The third-order valence-corrected chi connectivity index (χ3v) is 4.25. The molecule has 2 aliphatic heterocycles. The molecular formula is C14H21F6N3O2. The van der Waals surface area contributed by atoms with Crippen molar-refractivity contribution in [3.05, 3.63) is 0 Å². The summed E-state index contributed by atoms with van der Waals surface area (Å²) >= 11 is 0. The van der Waals surface area contributed by atoms with Crippen LogP contribution in [0.4, 0.5) is 26.3 Å². The highest BCUT2D eigenvalue weighted by Crippen LogP contribution is 2.24. The first kappa shape index (κ1) is 20.2. The van der Waals surface area contributed by atoms with E-state index in [0.29, 0.717) is 6.54 Å². The molecule has 0 bridgehead atoms. The average Bonchev–Trinajstić information content (AvgIpc) is 2.52. The number of nitrogens with zero attached hydrogens (tertiary/aromatic N) is 2. The highest BCUT2D eigenvalue weighted by molar-refractivity contribution is 5.81. The molecule has 11 heteroatoms. The van der Waals surface area contributed by atoms with Gasteiger partial charge in [0.15, 0.2) is 0 Å². The Hall–Kier alpha value is -1.07. The van der Waals surface area contributed by atoms with Crippen LogP contribution in [0.3, 0.4) is 0 Å². The first-order valence-corrected chi connectivity index (χ1v) is 8.04. The van der Waals surface area contributed by atoms with Crippen molar-refractivity contribution in [2.75, 3.05) is 45.9 Å². The number of hydrogen-bond acceptors (Lipinski definition) is 4. The maximum Gasteiger partial charge on any atom is 0.406 e.